The Morgan fingerprint density at radius 1 is 1.58 bits per heavy atom. The maximum absolute atomic E-state index is 11.8. The highest BCUT2D eigenvalue weighted by molar-refractivity contribution is 5.92. The van der Waals surface area contributed by atoms with Gasteiger partial charge in [-0.2, -0.15) is 0 Å². The average Bonchev–Trinajstić information content (AvgIpc) is 2.80. The summed E-state index contributed by atoms with van der Waals surface area (Å²) in [5, 5.41) is 21.1. The van der Waals surface area contributed by atoms with Gasteiger partial charge in [-0.05, 0) is 6.42 Å². The lowest BCUT2D eigenvalue weighted by molar-refractivity contribution is -0.138. The minimum absolute atomic E-state index is 0.0297. The number of hydrogen-bond donors (Lipinski definition) is 3. The third kappa shape index (κ3) is 3.50. The van der Waals surface area contributed by atoms with Gasteiger partial charge >= 0.3 is 5.97 Å². The van der Waals surface area contributed by atoms with Crippen LogP contribution < -0.4 is 10.6 Å². The molecule has 1 aliphatic rings. The summed E-state index contributed by atoms with van der Waals surface area (Å²) < 4.78 is 1.07. The van der Waals surface area contributed by atoms with E-state index in [2.05, 4.69) is 20.9 Å². The SMILES string of the molecule is O=C(O)Cn1cc(C(=O)NC2CCC(=O)NC2)nn1. The summed E-state index contributed by atoms with van der Waals surface area (Å²) in [7, 11) is 0. The van der Waals surface area contributed by atoms with Crippen molar-refractivity contribution in [2.45, 2.75) is 25.4 Å². The van der Waals surface area contributed by atoms with E-state index < -0.39 is 11.9 Å². The first-order chi connectivity index (χ1) is 9.04. The Hall–Kier alpha value is -2.45. The van der Waals surface area contributed by atoms with Crippen molar-refractivity contribution >= 4 is 17.8 Å². The zero-order valence-corrected chi connectivity index (χ0v) is 10.00. The predicted octanol–water partition coefficient (Wildman–Crippen LogP) is -1.63. The van der Waals surface area contributed by atoms with Crippen LogP contribution in [0, 0.1) is 0 Å². The van der Waals surface area contributed by atoms with Gasteiger partial charge in [-0.15, -0.1) is 5.10 Å². The third-order valence-corrected chi connectivity index (χ3v) is 2.67. The number of carboxylic acid groups (broad SMARTS) is 1. The van der Waals surface area contributed by atoms with Crippen LogP contribution in [0.25, 0.3) is 0 Å². The van der Waals surface area contributed by atoms with E-state index in [9.17, 15) is 14.4 Å². The smallest absolute Gasteiger partial charge is 0.325 e. The molecule has 0 spiro atoms. The number of hydrogen-bond acceptors (Lipinski definition) is 5. The minimum atomic E-state index is -1.06. The molecule has 1 fully saturated rings. The van der Waals surface area contributed by atoms with E-state index in [1.165, 1.54) is 6.20 Å². The van der Waals surface area contributed by atoms with Gasteiger partial charge in [0.2, 0.25) is 5.91 Å². The van der Waals surface area contributed by atoms with Gasteiger partial charge in [0.1, 0.15) is 6.54 Å². The molecule has 1 aromatic heterocycles. The van der Waals surface area contributed by atoms with Gasteiger partial charge in [-0.1, -0.05) is 5.21 Å². The average molecular weight is 267 g/mol. The van der Waals surface area contributed by atoms with E-state index in [1.807, 2.05) is 0 Å². The van der Waals surface area contributed by atoms with E-state index in [-0.39, 0.29) is 24.2 Å². The first-order valence-corrected chi connectivity index (χ1v) is 5.74. The number of nitrogens with one attached hydrogen (secondary N) is 2. The lowest BCUT2D eigenvalue weighted by Crippen LogP contribution is -2.47. The fourth-order valence-corrected chi connectivity index (χ4v) is 1.73. The molecule has 2 rings (SSSR count). The molecular weight excluding hydrogens is 254 g/mol. The Morgan fingerprint density at radius 3 is 3.00 bits per heavy atom. The molecule has 2 amide bonds. The molecule has 0 radical (unpaired) electrons. The van der Waals surface area contributed by atoms with E-state index in [1.54, 1.807) is 0 Å². The highest BCUT2D eigenvalue weighted by Gasteiger charge is 2.21. The number of carboxylic acids is 1. The summed E-state index contributed by atoms with van der Waals surface area (Å²) in [6.45, 7) is 0.0353. The Morgan fingerprint density at radius 2 is 2.37 bits per heavy atom. The Balaban J connectivity index is 1.90. The number of aliphatic carboxylic acids is 1. The highest BCUT2D eigenvalue weighted by Crippen LogP contribution is 2.04. The molecule has 3 N–H and O–H groups in total. The number of aromatic nitrogens is 3. The molecule has 9 nitrogen and oxygen atoms in total. The molecule has 1 aromatic rings. The van der Waals surface area contributed by atoms with E-state index in [0.29, 0.717) is 19.4 Å². The van der Waals surface area contributed by atoms with Crippen LogP contribution in [0.3, 0.4) is 0 Å². The van der Waals surface area contributed by atoms with Crippen molar-refractivity contribution in [1.29, 1.82) is 0 Å². The van der Waals surface area contributed by atoms with Gasteiger partial charge in [-0.3, -0.25) is 14.4 Å². The summed E-state index contributed by atoms with van der Waals surface area (Å²) in [5.41, 5.74) is 0.0538. The molecule has 0 aromatic carbocycles. The minimum Gasteiger partial charge on any atom is -0.480 e. The van der Waals surface area contributed by atoms with Gasteiger partial charge in [-0.25, -0.2) is 4.68 Å². The van der Waals surface area contributed by atoms with Gasteiger partial charge in [0.05, 0.1) is 6.20 Å². The summed E-state index contributed by atoms with van der Waals surface area (Å²) in [5.74, 6) is -1.53. The number of carbonyl (C=O) groups is 3. The lowest BCUT2D eigenvalue weighted by atomic mass is 10.1. The first-order valence-electron chi connectivity index (χ1n) is 5.74. The molecule has 0 bridgehead atoms. The van der Waals surface area contributed by atoms with Crippen LogP contribution in [0.4, 0.5) is 0 Å². The van der Waals surface area contributed by atoms with Crippen molar-refractivity contribution in [2.75, 3.05) is 6.54 Å². The normalized spacial score (nSPS) is 18.7. The standard InChI is InChI=1S/C10H13N5O4/c16-8-2-1-6(3-11-8)12-10(19)7-4-15(14-13-7)5-9(17)18/h4,6H,1-3,5H2,(H,11,16)(H,12,19)(H,17,18). The molecule has 0 saturated carbocycles. The van der Waals surface area contributed by atoms with Crippen molar-refractivity contribution in [3.63, 3.8) is 0 Å². The summed E-state index contributed by atoms with van der Waals surface area (Å²) in [4.78, 5) is 33.2. The molecular formula is C10H13N5O4. The van der Waals surface area contributed by atoms with Gasteiger partial charge in [0.15, 0.2) is 5.69 Å². The number of carbonyl (C=O) groups excluding carboxylic acids is 2. The molecule has 102 valence electrons. The van der Waals surface area contributed by atoms with Gasteiger partial charge < -0.3 is 15.7 Å². The van der Waals surface area contributed by atoms with Crippen LogP contribution in [-0.4, -0.2) is 50.5 Å². The molecule has 19 heavy (non-hydrogen) atoms. The molecule has 1 atom stereocenters. The quantitative estimate of drug-likeness (QED) is 0.601. The highest BCUT2D eigenvalue weighted by atomic mass is 16.4. The van der Waals surface area contributed by atoms with Gasteiger partial charge in [0, 0.05) is 19.0 Å². The Kier molecular flexibility index (Phi) is 3.74. The second-order valence-electron chi connectivity index (χ2n) is 4.21. The Labute approximate surface area is 108 Å². The molecule has 2 heterocycles. The molecule has 1 saturated heterocycles. The maximum atomic E-state index is 11.8. The molecule has 1 aliphatic heterocycles. The summed E-state index contributed by atoms with van der Waals surface area (Å²) in [6, 6.07) is -0.144. The van der Waals surface area contributed by atoms with E-state index in [4.69, 9.17) is 5.11 Å². The number of nitrogens with zero attached hydrogens (tertiary/aromatic N) is 3. The Bertz CT molecular complexity index is 502. The third-order valence-electron chi connectivity index (χ3n) is 2.67. The molecule has 1 unspecified atom stereocenters. The zero-order chi connectivity index (χ0) is 13.8. The summed E-state index contributed by atoms with van der Waals surface area (Å²) >= 11 is 0. The zero-order valence-electron chi connectivity index (χ0n) is 10.00. The largest absolute Gasteiger partial charge is 0.480 e. The number of rotatable bonds is 4. The number of piperidine rings is 1. The molecule has 0 aliphatic carbocycles. The van der Waals surface area contributed by atoms with Crippen LogP contribution in [0.1, 0.15) is 23.3 Å². The monoisotopic (exact) mass is 267 g/mol. The second kappa shape index (κ2) is 5.46. The van der Waals surface area contributed by atoms with Crippen LogP contribution in [0.15, 0.2) is 6.20 Å². The van der Waals surface area contributed by atoms with Gasteiger partial charge in [0.25, 0.3) is 5.91 Å². The molecule has 9 heteroatoms. The number of amides is 2. The van der Waals surface area contributed by atoms with Crippen LogP contribution in [0.5, 0.6) is 0 Å². The lowest BCUT2D eigenvalue weighted by Gasteiger charge is -2.22. The topological polar surface area (TPSA) is 126 Å². The second-order valence-corrected chi connectivity index (χ2v) is 4.21. The first kappa shape index (κ1) is 13.0. The predicted molar refractivity (Wildman–Crippen MR) is 61.2 cm³/mol. The van der Waals surface area contributed by atoms with Crippen LogP contribution in [-0.2, 0) is 16.1 Å². The summed E-state index contributed by atoms with van der Waals surface area (Å²) in [6.07, 6.45) is 2.21. The van der Waals surface area contributed by atoms with Crippen LogP contribution in [0.2, 0.25) is 0 Å². The fraction of sp³-hybridized carbons (Fsp3) is 0.500. The van der Waals surface area contributed by atoms with Crippen molar-refractivity contribution in [2.24, 2.45) is 0 Å². The van der Waals surface area contributed by atoms with E-state index >= 15 is 0 Å². The fourth-order valence-electron chi connectivity index (χ4n) is 1.73. The van der Waals surface area contributed by atoms with E-state index in [0.717, 1.165) is 4.68 Å². The maximum Gasteiger partial charge on any atom is 0.325 e. The van der Waals surface area contributed by atoms with Crippen molar-refractivity contribution < 1.29 is 19.5 Å². The van der Waals surface area contributed by atoms with Crippen molar-refractivity contribution in [3.05, 3.63) is 11.9 Å². The van der Waals surface area contributed by atoms with Crippen molar-refractivity contribution in [3.8, 4) is 0 Å². The van der Waals surface area contributed by atoms with Crippen LogP contribution >= 0.6 is 0 Å². The van der Waals surface area contributed by atoms with Crippen molar-refractivity contribution in [1.82, 2.24) is 25.6 Å².